The maximum Gasteiger partial charge on any atom is 0.241 e. The second-order valence-corrected chi connectivity index (χ2v) is 4.31. The Kier molecular flexibility index (Phi) is 3.02. The summed E-state index contributed by atoms with van der Waals surface area (Å²) in [5, 5.41) is 9.07. The van der Waals surface area contributed by atoms with Gasteiger partial charge in [-0.15, -0.1) is 0 Å². The van der Waals surface area contributed by atoms with Gasteiger partial charge in [0.1, 0.15) is 17.5 Å². The van der Waals surface area contributed by atoms with Crippen LogP contribution in [0.3, 0.4) is 0 Å². The molecule has 0 aliphatic heterocycles. The monoisotopic (exact) mass is 261 g/mol. The molecule has 3 rings (SSSR count). The van der Waals surface area contributed by atoms with Gasteiger partial charge in [-0.2, -0.15) is 5.26 Å². The van der Waals surface area contributed by atoms with E-state index in [1.807, 2.05) is 37.3 Å². The lowest BCUT2D eigenvalue weighted by Crippen LogP contribution is -1.96. The second-order valence-electron chi connectivity index (χ2n) is 4.31. The van der Waals surface area contributed by atoms with Crippen LogP contribution in [0.25, 0.3) is 11.0 Å². The molecule has 0 amide bonds. The van der Waals surface area contributed by atoms with Crippen molar-refractivity contribution in [3.8, 4) is 17.7 Å². The minimum atomic E-state index is 0.423. The molecule has 0 fully saturated rings. The van der Waals surface area contributed by atoms with Crippen LogP contribution < -0.4 is 4.74 Å². The molecule has 0 saturated carbocycles. The molecule has 0 bridgehead atoms. The Labute approximate surface area is 116 Å². The van der Waals surface area contributed by atoms with E-state index in [-0.39, 0.29) is 0 Å². The highest BCUT2D eigenvalue weighted by Crippen LogP contribution is 2.26. The van der Waals surface area contributed by atoms with Crippen LogP contribution >= 0.6 is 0 Å². The van der Waals surface area contributed by atoms with Crippen molar-refractivity contribution in [1.82, 2.24) is 9.97 Å². The fourth-order valence-electron chi connectivity index (χ4n) is 1.92. The molecule has 4 heteroatoms. The Morgan fingerprint density at radius 1 is 0.950 bits per heavy atom. The van der Waals surface area contributed by atoms with E-state index in [9.17, 15) is 0 Å². The molecule has 0 aliphatic rings. The van der Waals surface area contributed by atoms with Gasteiger partial charge in [0, 0.05) is 0 Å². The van der Waals surface area contributed by atoms with E-state index in [2.05, 4.69) is 16.0 Å². The first kappa shape index (κ1) is 12.1. The van der Waals surface area contributed by atoms with E-state index in [1.165, 1.54) is 0 Å². The Morgan fingerprint density at radius 3 is 2.35 bits per heavy atom. The van der Waals surface area contributed by atoms with Gasteiger partial charge in [0.25, 0.3) is 0 Å². The highest BCUT2D eigenvalue weighted by atomic mass is 16.5. The molecule has 2 aromatic carbocycles. The zero-order valence-corrected chi connectivity index (χ0v) is 10.9. The zero-order chi connectivity index (χ0) is 13.9. The first-order valence-corrected chi connectivity index (χ1v) is 6.18. The Morgan fingerprint density at radius 2 is 1.60 bits per heavy atom. The van der Waals surface area contributed by atoms with Crippen LogP contribution in [-0.4, -0.2) is 9.97 Å². The lowest BCUT2D eigenvalue weighted by Gasteiger charge is -2.09. The van der Waals surface area contributed by atoms with Crippen LogP contribution in [-0.2, 0) is 0 Å². The Balaban J connectivity index is 2.07. The number of rotatable bonds is 2. The van der Waals surface area contributed by atoms with E-state index in [0.29, 0.717) is 22.9 Å². The number of fused-ring (bicyclic) bond motifs is 1. The largest absolute Gasteiger partial charge is 0.436 e. The van der Waals surface area contributed by atoms with Crippen molar-refractivity contribution in [2.75, 3.05) is 0 Å². The second kappa shape index (κ2) is 4.98. The number of benzene rings is 2. The quantitative estimate of drug-likeness (QED) is 0.707. The summed E-state index contributed by atoms with van der Waals surface area (Å²) in [7, 11) is 0. The summed E-state index contributed by atoms with van der Waals surface area (Å²) in [5.41, 5.74) is 2.76. The lowest BCUT2D eigenvalue weighted by atomic mass is 10.2. The first-order chi connectivity index (χ1) is 9.78. The third-order valence-corrected chi connectivity index (χ3v) is 2.92. The highest BCUT2D eigenvalue weighted by molar-refractivity contribution is 5.74. The number of para-hydroxylation sites is 3. The van der Waals surface area contributed by atoms with Crippen molar-refractivity contribution in [2.24, 2.45) is 0 Å². The van der Waals surface area contributed by atoms with Crippen molar-refractivity contribution >= 4 is 11.0 Å². The van der Waals surface area contributed by atoms with Crippen molar-refractivity contribution in [3.63, 3.8) is 0 Å². The minimum absolute atomic E-state index is 0.423. The van der Waals surface area contributed by atoms with E-state index in [4.69, 9.17) is 10.00 Å². The summed E-state index contributed by atoms with van der Waals surface area (Å²) in [5.74, 6) is 0.911. The molecule has 20 heavy (non-hydrogen) atoms. The third-order valence-electron chi connectivity index (χ3n) is 2.92. The number of nitrogens with zero attached hydrogens (tertiary/aromatic N) is 3. The summed E-state index contributed by atoms with van der Waals surface area (Å²) in [4.78, 5) is 8.91. The predicted molar refractivity (Wildman–Crippen MR) is 75.5 cm³/mol. The maximum atomic E-state index is 9.07. The maximum absolute atomic E-state index is 9.07. The number of ether oxygens (including phenoxy) is 1. The number of aromatic nitrogens is 2. The van der Waals surface area contributed by atoms with Crippen molar-refractivity contribution in [3.05, 3.63) is 59.8 Å². The molecule has 1 aromatic heterocycles. The van der Waals surface area contributed by atoms with E-state index < -0.39 is 0 Å². The summed E-state index contributed by atoms with van der Waals surface area (Å²) in [6.07, 6.45) is 0. The van der Waals surface area contributed by atoms with Crippen molar-refractivity contribution < 1.29 is 4.74 Å². The molecule has 0 N–H and O–H groups in total. The number of nitriles is 1. The SMILES string of the molecule is Cc1nc2ccccc2nc1Oc1ccccc1C#N. The summed E-state index contributed by atoms with van der Waals surface area (Å²) < 4.78 is 5.74. The minimum Gasteiger partial charge on any atom is -0.436 e. The van der Waals surface area contributed by atoms with Crippen molar-refractivity contribution in [2.45, 2.75) is 6.92 Å². The van der Waals surface area contributed by atoms with Gasteiger partial charge in [-0.3, -0.25) is 0 Å². The smallest absolute Gasteiger partial charge is 0.241 e. The molecule has 0 unspecified atom stereocenters. The van der Waals surface area contributed by atoms with Crippen LogP contribution in [0.5, 0.6) is 11.6 Å². The molecular weight excluding hydrogens is 250 g/mol. The molecule has 1 heterocycles. The van der Waals surface area contributed by atoms with Crippen LogP contribution in [0.4, 0.5) is 0 Å². The average molecular weight is 261 g/mol. The molecule has 3 aromatic rings. The van der Waals surface area contributed by atoms with Gasteiger partial charge in [-0.05, 0) is 31.2 Å². The average Bonchev–Trinajstić information content (AvgIpc) is 2.48. The van der Waals surface area contributed by atoms with Crippen LogP contribution in [0, 0.1) is 18.3 Å². The fourth-order valence-corrected chi connectivity index (χ4v) is 1.92. The summed E-state index contributed by atoms with van der Waals surface area (Å²) in [6.45, 7) is 1.84. The number of hydrogen-bond acceptors (Lipinski definition) is 4. The van der Waals surface area contributed by atoms with Gasteiger partial charge in [-0.1, -0.05) is 24.3 Å². The molecule has 96 valence electrons. The fraction of sp³-hybridized carbons (Fsp3) is 0.0625. The van der Waals surface area contributed by atoms with Gasteiger partial charge in [-0.25, -0.2) is 9.97 Å². The number of hydrogen-bond donors (Lipinski definition) is 0. The molecular formula is C16H11N3O. The number of aryl methyl sites for hydroxylation is 1. The molecule has 0 spiro atoms. The molecule has 0 saturated heterocycles. The highest BCUT2D eigenvalue weighted by Gasteiger charge is 2.09. The van der Waals surface area contributed by atoms with Crippen LogP contribution in [0.2, 0.25) is 0 Å². The van der Waals surface area contributed by atoms with E-state index in [1.54, 1.807) is 18.2 Å². The lowest BCUT2D eigenvalue weighted by molar-refractivity contribution is 0.456. The van der Waals surface area contributed by atoms with E-state index >= 15 is 0 Å². The molecule has 0 aliphatic carbocycles. The zero-order valence-electron chi connectivity index (χ0n) is 10.9. The standard InChI is InChI=1S/C16H11N3O/c1-11-16(19-14-8-4-3-7-13(14)18-11)20-15-9-5-2-6-12(15)10-17/h2-9H,1H3. The summed E-state index contributed by atoms with van der Waals surface area (Å²) >= 11 is 0. The van der Waals surface area contributed by atoms with Gasteiger partial charge >= 0.3 is 0 Å². The summed E-state index contributed by atoms with van der Waals surface area (Å²) in [6, 6.07) is 16.8. The van der Waals surface area contributed by atoms with Gasteiger partial charge in [0.2, 0.25) is 5.88 Å². The van der Waals surface area contributed by atoms with Crippen LogP contribution in [0.15, 0.2) is 48.5 Å². The Hall–Kier alpha value is -2.93. The normalized spacial score (nSPS) is 10.2. The van der Waals surface area contributed by atoms with E-state index in [0.717, 1.165) is 11.0 Å². The van der Waals surface area contributed by atoms with Gasteiger partial charge in [0.15, 0.2) is 0 Å². The Bertz CT molecular complexity index is 821. The van der Waals surface area contributed by atoms with Crippen LogP contribution in [0.1, 0.15) is 11.3 Å². The predicted octanol–water partition coefficient (Wildman–Crippen LogP) is 3.60. The molecule has 0 atom stereocenters. The third kappa shape index (κ3) is 2.17. The van der Waals surface area contributed by atoms with Crippen molar-refractivity contribution in [1.29, 1.82) is 5.26 Å². The molecule has 4 nitrogen and oxygen atoms in total. The van der Waals surface area contributed by atoms with Gasteiger partial charge in [0.05, 0.1) is 16.6 Å². The van der Waals surface area contributed by atoms with Gasteiger partial charge < -0.3 is 4.74 Å². The topological polar surface area (TPSA) is 58.8 Å². The first-order valence-electron chi connectivity index (χ1n) is 6.18. The molecule has 0 radical (unpaired) electrons.